The van der Waals surface area contributed by atoms with E-state index in [1.807, 2.05) is 0 Å². The Hall–Kier alpha value is -2.65. The van der Waals surface area contributed by atoms with Crippen molar-refractivity contribution < 1.29 is 22.7 Å². The lowest BCUT2D eigenvalue weighted by molar-refractivity contribution is -0.156. The molecule has 7 nitrogen and oxygen atoms in total. The topological polar surface area (TPSA) is 83.2 Å². The molecule has 1 aliphatic carbocycles. The molecule has 10 heteroatoms. The van der Waals surface area contributed by atoms with E-state index < -0.39 is 41.3 Å². The lowest BCUT2D eigenvalue weighted by Crippen LogP contribution is -2.43. The van der Waals surface area contributed by atoms with Gasteiger partial charge in [0.05, 0.1) is 5.39 Å². The Morgan fingerprint density at radius 2 is 1.94 bits per heavy atom. The van der Waals surface area contributed by atoms with Crippen molar-refractivity contribution in [2.75, 3.05) is 0 Å². The van der Waals surface area contributed by atoms with Crippen LogP contribution in [-0.4, -0.2) is 26.2 Å². The fraction of sp³-hybridized carbons (Fsp3) is 0.619. The maximum absolute atomic E-state index is 12.9. The van der Waals surface area contributed by atoms with Crippen LogP contribution in [0.25, 0.3) is 11.0 Å². The molecule has 2 aromatic rings. The standard InChI is InChI=1S/C21H26F3N3O4/c1-11(2)13-6-5-12(3)9-15(13)31-17(28)10-27-19(29)14-7-8-16(21(22,23)24)25-18(14)26(4)20(27)30/h7-8,11-13,15H,5-6,9-10H2,1-4H3/t12-,13+,15+/m1/s1. The fourth-order valence-corrected chi connectivity index (χ4v) is 4.26. The van der Waals surface area contributed by atoms with E-state index >= 15 is 0 Å². The van der Waals surface area contributed by atoms with Crippen LogP contribution in [0, 0.1) is 17.8 Å². The SMILES string of the molecule is CC(C)[C@@H]1CC[C@@H](C)C[C@@H]1OC(=O)Cn1c(=O)c2ccc(C(F)(F)F)nc2n(C)c1=O. The zero-order valence-corrected chi connectivity index (χ0v) is 17.9. The summed E-state index contributed by atoms with van der Waals surface area (Å²) in [6.45, 7) is 5.60. The van der Waals surface area contributed by atoms with Crippen molar-refractivity contribution in [3.63, 3.8) is 0 Å². The second-order valence-corrected chi connectivity index (χ2v) is 8.65. The number of esters is 1. The third kappa shape index (κ3) is 4.67. The van der Waals surface area contributed by atoms with Gasteiger partial charge in [0.2, 0.25) is 0 Å². The van der Waals surface area contributed by atoms with Gasteiger partial charge >= 0.3 is 17.8 Å². The first-order valence-electron chi connectivity index (χ1n) is 10.3. The molecule has 2 aromatic heterocycles. The van der Waals surface area contributed by atoms with E-state index in [1.165, 1.54) is 7.05 Å². The highest BCUT2D eigenvalue weighted by Gasteiger charge is 2.34. The van der Waals surface area contributed by atoms with Gasteiger partial charge in [-0.25, -0.2) is 14.3 Å². The minimum absolute atomic E-state index is 0.186. The van der Waals surface area contributed by atoms with Gasteiger partial charge < -0.3 is 4.74 Å². The van der Waals surface area contributed by atoms with Crippen LogP contribution in [-0.2, 0) is 29.3 Å². The van der Waals surface area contributed by atoms with Gasteiger partial charge in [0.1, 0.15) is 24.0 Å². The molecule has 0 bridgehead atoms. The van der Waals surface area contributed by atoms with E-state index in [0.29, 0.717) is 28.9 Å². The predicted octanol–water partition coefficient (Wildman–Crippen LogP) is 3.12. The number of pyridine rings is 1. The summed E-state index contributed by atoms with van der Waals surface area (Å²) in [5.41, 5.74) is -3.42. The lowest BCUT2D eigenvalue weighted by Gasteiger charge is -2.36. The maximum Gasteiger partial charge on any atom is 0.433 e. The molecule has 3 rings (SSSR count). The second kappa shape index (κ2) is 8.47. The maximum atomic E-state index is 12.9. The van der Waals surface area contributed by atoms with Crippen LogP contribution in [0.4, 0.5) is 13.2 Å². The summed E-state index contributed by atoms with van der Waals surface area (Å²) in [5, 5.41) is -0.186. The first-order valence-corrected chi connectivity index (χ1v) is 10.3. The van der Waals surface area contributed by atoms with Crippen molar-refractivity contribution in [2.45, 2.75) is 58.9 Å². The molecule has 1 saturated carbocycles. The average Bonchev–Trinajstić information content (AvgIpc) is 2.68. The molecule has 0 amide bonds. The van der Waals surface area contributed by atoms with Crippen molar-refractivity contribution >= 4 is 17.0 Å². The largest absolute Gasteiger partial charge is 0.461 e. The van der Waals surface area contributed by atoms with E-state index in [4.69, 9.17) is 4.74 Å². The summed E-state index contributed by atoms with van der Waals surface area (Å²) in [6, 6.07) is 1.64. The quantitative estimate of drug-likeness (QED) is 0.681. The highest BCUT2D eigenvalue weighted by molar-refractivity contribution is 5.75. The monoisotopic (exact) mass is 441 g/mol. The van der Waals surface area contributed by atoms with Crippen LogP contribution in [0.2, 0.25) is 0 Å². The number of nitrogens with zero attached hydrogens (tertiary/aromatic N) is 3. The predicted molar refractivity (Wildman–Crippen MR) is 107 cm³/mol. The Kier molecular flexibility index (Phi) is 6.29. The number of halogens is 3. The van der Waals surface area contributed by atoms with Crippen LogP contribution >= 0.6 is 0 Å². The van der Waals surface area contributed by atoms with Crippen LogP contribution < -0.4 is 11.2 Å². The van der Waals surface area contributed by atoms with Gasteiger partial charge in [-0.3, -0.25) is 14.2 Å². The van der Waals surface area contributed by atoms with E-state index in [1.54, 1.807) is 0 Å². The summed E-state index contributed by atoms with van der Waals surface area (Å²) >= 11 is 0. The number of carbonyl (C=O) groups is 1. The molecule has 3 atom stereocenters. The molecule has 0 spiro atoms. The highest BCUT2D eigenvalue weighted by atomic mass is 19.4. The van der Waals surface area contributed by atoms with Crippen molar-refractivity contribution in [1.29, 1.82) is 0 Å². The Morgan fingerprint density at radius 1 is 1.26 bits per heavy atom. The molecule has 170 valence electrons. The zero-order chi connectivity index (χ0) is 23.1. The highest BCUT2D eigenvalue weighted by Crippen LogP contribution is 2.35. The average molecular weight is 441 g/mol. The second-order valence-electron chi connectivity index (χ2n) is 8.65. The molecule has 1 fully saturated rings. The van der Waals surface area contributed by atoms with Gasteiger partial charge in [-0.15, -0.1) is 0 Å². The molecule has 0 aromatic carbocycles. The number of aromatic nitrogens is 3. The van der Waals surface area contributed by atoms with Crippen LogP contribution in [0.1, 0.15) is 45.7 Å². The fourth-order valence-electron chi connectivity index (χ4n) is 4.26. The van der Waals surface area contributed by atoms with Crippen LogP contribution in [0.15, 0.2) is 21.7 Å². The van der Waals surface area contributed by atoms with Crippen molar-refractivity contribution in [1.82, 2.24) is 14.1 Å². The first kappa shape index (κ1) is 23.0. The zero-order valence-electron chi connectivity index (χ0n) is 17.9. The van der Waals surface area contributed by atoms with Gasteiger partial charge in [-0.05, 0) is 42.7 Å². The molecule has 0 N–H and O–H groups in total. The Labute approximate surface area is 176 Å². The van der Waals surface area contributed by atoms with Crippen molar-refractivity contribution in [2.24, 2.45) is 24.8 Å². The Bertz CT molecular complexity index is 1100. The number of hydrogen-bond acceptors (Lipinski definition) is 5. The van der Waals surface area contributed by atoms with Crippen LogP contribution in [0.5, 0.6) is 0 Å². The summed E-state index contributed by atoms with van der Waals surface area (Å²) in [5.74, 6) is 0.192. The molecular weight excluding hydrogens is 415 g/mol. The summed E-state index contributed by atoms with van der Waals surface area (Å²) in [6.07, 6.45) is -2.32. The summed E-state index contributed by atoms with van der Waals surface area (Å²) in [7, 11) is 1.21. The molecule has 0 unspecified atom stereocenters. The molecule has 0 aliphatic heterocycles. The van der Waals surface area contributed by atoms with Crippen molar-refractivity contribution in [3.05, 3.63) is 38.7 Å². The normalized spacial score (nSPS) is 22.1. The van der Waals surface area contributed by atoms with Crippen molar-refractivity contribution in [3.8, 4) is 0 Å². The number of hydrogen-bond donors (Lipinski definition) is 0. The number of rotatable bonds is 4. The number of ether oxygens (including phenoxy) is 1. The third-order valence-electron chi connectivity index (χ3n) is 6.01. The first-order chi connectivity index (χ1) is 14.4. The molecule has 31 heavy (non-hydrogen) atoms. The van der Waals surface area contributed by atoms with Crippen LogP contribution in [0.3, 0.4) is 0 Å². The number of fused-ring (bicyclic) bond motifs is 1. The minimum atomic E-state index is -4.72. The smallest absolute Gasteiger partial charge is 0.433 e. The Balaban J connectivity index is 1.92. The van der Waals surface area contributed by atoms with Gasteiger partial charge in [-0.1, -0.05) is 27.2 Å². The summed E-state index contributed by atoms with van der Waals surface area (Å²) < 4.78 is 46.0. The number of carbonyl (C=O) groups excluding carboxylic acids is 1. The van der Waals surface area contributed by atoms with Gasteiger partial charge in [0.15, 0.2) is 0 Å². The van der Waals surface area contributed by atoms with E-state index in [-0.39, 0.29) is 17.4 Å². The third-order valence-corrected chi connectivity index (χ3v) is 6.01. The summed E-state index contributed by atoms with van der Waals surface area (Å²) in [4.78, 5) is 41.4. The molecule has 0 radical (unpaired) electrons. The van der Waals surface area contributed by atoms with Gasteiger partial charge in [0.25, 0.3) is 5.56 Å². The van der Waals surface area contributed by atoms with Gasteiger partial charge in [-0.2, -0.15) is 13.2 Å². The molecule has 2 heterocycles. The van der Waals surface area contributed by atoms with E-state index in [9.17, 15) is 27.6 Å². The molecule has 0 saturated heterocycles. The molecule has 1 aliphatic rings. The Morgan fingerprint density at radius 3 is 2.55 bits per heavy atom. The van der Waals surface area contributed by atoms with E-state index in [0.717, 1.165) is 23.5 Å². The van der Waals surface area contributed by atoms with E-state index in [2.05, 4.69) is 25.8 Å². The lowest BCUT2D eigenvalue weighted by atomic mass is 9.75. The van der Waals surface area contributed by atoms with Gasteiger partial charge in [0, 0.05) is 7.05 Å². The number of aryl methyl sites for hydroxylation is 1. The molecular formula is C21H26F3N3O4. The minimum Gasteiger partial charge on any atom is -0.461 e. The number of alkyl halides is 3.